The van der Waals surface area contributed by atoms with E-state index in [-0.39, 0.29) is 22.9 Å². The minimum atomic E-state index is -3.08. The number of halogens is 2. The molecule has 1 aliphatic rings. The summed E-state index contributed by atoms with van der Waals surface area (Å²) in [5.41, 5.74) is -0.246. The zero-order valence-corrected chi connectivity index (χ0v) is 13.0. The first-order valence-corrected chi connectivity index (χ1v) is 7.56. The number of ether oxygens (including phenoxy) is 2. The maximum atomic E-state index is 12.4. The molecular formula is C16H15F2N3O4. The Labute approximate surface area is 141 Å². The van der Waals surface area contributed by atoms with Gasteiger partial charge < -0.3 is 19.9 Å². The topological polar surface area (TPSA) is 93.6 Å². The summed E-state index contributed by atoms with van der Waals surface area (Å²) in [6.07, 6.45) is 5.26. The van der Waals surface area contributed by atoms with Crippen LogP contribution in [0, 0.1) is 5.92 Å². The number of nitrogens with zero attached hydrogens (tertiary/aromatic N) is 2. The van der Waals surface area contributed by atoms with Crippen LogP contribution >= 0.6 is 0 Å². The molecule has 0 bridgehead atoms. The maximum Gasteiger partial charge on any atom is 0.387 e. The molecule has 0 amide bonds. The highest BCUT2D eigenvalue weighted by atomic mass is 19.3. The molecule has 1 aromatic carbocycles. The van der Waals surface area contributed by atoms with Gasteiger partial charge in [0.2, 0.25) is 5.88 Å². The quantitative estimate of drug-likeness (QED) is 0.753. The van der Waals surface area contributed by atoms with Crippen molar-refractivity contribution >= 4 is 11.8 Å². The van der Waals surface area contributed by atoms with Crippen molar-refractivity contribution in [3.63, 3.8) is 0 Å². The first-order chi connectivity index (χ1) is 12.0. The second-order valence-electron chi connectivity index (χ2n) is 5.54. The van der Waals surface area contributed by atoms with E-state index in [1.165, 1.54) is 31.3 Å². The zero-order chi connectivity index (χ0) is 17.8. The van der Waals surface area contributed by atoms with Crippen molar-refractivity contribution in [2.45, 2.75) is 19.5 Å². The van der Waals surface area contributed by atoms with Crippen LogP contribution in [-0.4, -0.2) is 34.2 Å². The summed E-state index contributed by atoms with van der Waals surface area (Å²) in [7, 11) is 0. The summed E-state index contributed by atoms with van der Waals surface area (Å²) in [5, 5.41) is 12.2. The van der Waals surface area contributed by atoms with Crippen molar-refractivity contribution in [2.75, 3.05) is 11.9 Å². The van der Waals surface area contributed by atoms with E-state index >= 15 is 0 Å². The van der Waals surface area contributed by atoms with Crippen LogP contribution in [0.2, 0.25) is 0 Å². The molecule has 3 rings (SSSR count). The van der Waals surface area contributed by atoms with Crippen LogP contribution in [0.15, 0.2) is 30.6 Å². The van der Waals surface area contributed by atoms with Crippen LogP contribution in [0.1, 0.15) is 23.2 Å². The Hall–Kier alpha value is -2.97. The van der Waals surface area contributed by atoms with Gasteiger partial charge in [-0.1, -0.05) is 0 Å². The first kappa shape index (κ1) is 16.9. The van der Waals surface area contributed by atoms with Crippen LogP contribution in [0.25, 0.3) is 0 Å². The van der Waals surface area contributed by atoms with Crippen LogP contribution in [-0.2, 0) is 0 Å². The zero-order valence-electron chi connectivity index (χ0n) is 13.0. The van der Waals surface area contributed by atoms with Gasteiger partial charge in [-0.15, -0.1) is 0 Å². The number of nitrogens with one attached hydrogen (secondary N) is 1. The molecule has 2 N–H and O–H groups in total. The number of carboxylic acid groups (broad SMARTS) is 1. The van der Waals surface area contributed by atoms with E-state index in [4.69, 9.17) is 9.84 Å². The molecule has 0 atom stereocenters. The minimum Gasteiger partial charge on any atom is -0.478 e. The summed E-state index contributed by atoms with van der Waals surface area (Å²) in [4.78, 5) is 19.3. The molecule has 1 fully saturated rings. The smallest absolute Gasteiger partial charge is 0.387 e. The van der Waals surface area contributed by atoms with E-state index in [0.717, 1.165) is 18.7 Å². The number of hydrogen-bond donors (Lipinski definition) is 2. The van der Waals surface area contributed by atoms with Crippen LogP contribution in [0.4, 0.5) is 14.6 Å². The third-order valence-corrected chi connectivity index (χ3v) is 3.47. The molecule has 1 aliphatic carbocycles. The number of carboxylic acids is 1. The van der Waals surface area contributed by atoms with E-state index in [1.54, 1.807) is 0 Å². The van der Waals surface area contributed by atoms with Gasteiger partial charge in [0.15, 0.2) is 0 Å². The summed E-state index contributed by atoms with van der Waals surface area (Å²) in [5.74, 6) is -0.230. The molecule has 1 saturated carbocycles. The molecule has 9 heteroatoms. The largest absolute Gasteiger partial charge is 0.478 e. The molecule has 2 aromatic rings. The highest BCUT2D eigenvalue weighted by molar-refractivity contribution is 5.88. The van der Waals surface area contributed by atoms with Gasteiger partial charge in [-0.05, 0) is 30.9 Å². The lowest BCUT2D eigenvalue weighted by molar-refractivity contribution is -0.0499. The number of hydrogen-bond acceptors (Lipinski definition) is 6. The molecule has 1 heterocycles. The molecule has 0 spiro atoms. The van der Waals surface area contributed by atoms with Gasteiger partial charge in [-0.2, -0.15) is 8.78 Å². The Balaban J connectivity index is 1.71. The lowest BCUT2D eigenvalue weighted by Crippen LogP contribution is -2.06. The molecule has 1 aromatic heterocycles. The second-order valence-corrected chi connectivity index (χ2v) is 5.54. The second kappa shape index (κ2) is 7.29. The highest BCUT2D eigenvalue weighted by Crippen LogP contribution is 2.29. The number of anilines is 1. The van der Waals surface area contributed by atoms with Crippen molar-refractivity contribution in [2.24, 2.45) is 5.92 Å². The van der Waals surface area contributed by atoms with Crippen LogP contribution in [0.5, 0.6) is 17.4 Å². The fourth-order valence-electron chi connectivity index (χ4n) is 2.08. The third-order valence-electron chi connectivity index (χ3n) is 3.47. The average molecular weight is 351 g/mol. The summed E-state index contributed by atoms with van der Waals surface area (Å²) in [6, 6.07) is 3.32. The SMILES string of the molecule is O=C(O)c1cc(Oc2cnc(NCC3CC3)cn2)cc(OC(F)F)c1. The maximum absolute atomic E-state index is 12.4. The fourth-order valence-corrected chi connectivity index (χ4v) is 2.08. The number of carbonyl (C=O) groups is 1. The molecule has 7 nitrogen and oxygen atoms in total. The van der Waals surface area contributed by atoms with E-state index in [1.807, 2.05) is 0 Å². The number of rotatable bonds is 8. The predicted octanol–water partition coefficient (Wildman–Crippen LogP) is 3.39. The van der Waals surface area contributed by atoms with Gasteiger partial charge in [0.05, 0.1) is 18.0 Å². The Kier molecular flexibility index (Phi) is 4.92. The van der Waals surface area contributed by atoms with Gasteiger partial charge in [-0.3, -0.25) is 0 Å². The van der Waals surface area contributed by atoms with E-state index < -0.39 is 12.6 Å². The van der Waals surface area contributed by atoms with Gasteiger partial charge in [-0.25, -0.2) is 14.8 Å². The van der Waals surface area contributed by atoms with Crippen molar-refractivity contribution < 1.29 is 28.2 Å². The normalized spacial score (nSPS) is 13.6. The molecule has 132 valence electrons. The lowest BCUT2D eigenvalue weighted by atomic mass is 10.2. The summed E-state index contributed by atoms with van der Waals surface area (Å²) in [6.45, 7) is -2.24. The Morgan fingerprint density at radius 3 is 2.60 bits per heavy atom. The van der Waals surface area contributed by atoms with E-state index in [2.05, 4.69) is 20.0 Å². The Bertz CT molecular complexity index is 752. The predicted molar refractivity (Wildman–Crippen MR) is 83.4 cm³/mol. The number of alkyl halides is 2. The summed E-state index contributed by atoms with van der Waals surface area (Å²) >= 11 is 0. The molecule has 0 aliphatic heterocycles. The van der Waals surface area contributed by atoms with Crippen LogP contribution < -0.4 is 14.8 Å². The van der Waals surface area contributed by atoms with E-state index in [0.29, 0.717) is 11.7 Å². The summed E-state index contributed by atoms with van der Waals surface area (Å²) < 4.78 is 34.3. The van der Waals surface area contributed by atoms with Crippen molar-refractivity contribution in [1.82, 2.24) is 9.97 Å². The number of aromatic nitrogens is 2. The lowest BCUT2D eigenvalue weighted by Gasteiger charge is -2.10. The monoisotopic (exact) mass is 351 g/mol. The molecular weight excluding hydrogens is 336 g/mol. The van der Waals surface area contributed by atoms with E-state index in [9.17, 15) is 13.6 Å². The van der Waals surface area contributed by atoms with Crippen molar-refractivity contribution in [1.29, 1.82) is 0 Å². The van der Waals surface area contributed by atoms with Crippen molar-refractivity contribution in [3.05, 3.63) is 36.2 Å². The number of aromatic carboxylic acids is 1. The average Bonchev–Trinajstić information content (AvgIpc) is 3.37. The molecule has 0 saturated heterocycles. The molecule has 0 radical (unpaired) electrons. The molecule has 25 heavy (non-hydrogen) atoms. The minimum absolute atomic E-state index is 0.00328. The first-order valence-electron chi connectivity index (χ1n) is 7.56. The molecule has 0 unspecified atom stereocenters. The van der Waals surface area contributed by atoms with Gasteiger partial charge in [0.1, 0.15) is 17.3 Å². The number of benzene rings is 1. The van der Waals surface area contributed by atoms with Gasteiger partial charge in [0, 0.05) is 12.6 Å². The standard InChI is InChI=1S/C16H15F2N3O4/c17-16(18)25-12-4-10(15(22)23)3-11(5-12)24-14-8-20-13(7-21-14)19-6-9-1-2-9/h3-5,7-9,16H,1-2,6H2,(H,19,20)(H,22,23). The third kappa shape index (κ3) is 5.00. The van der Waals surface area contributed by atoms with Gasteiger partial charge in [0.25, 0.3) is 0 Å². The van der Waals surface area contributed by atoms with Crippen molar-refractivity contribution in [3.8, 4) is 17.4 Å². The van der Waals surface area contributed by atoms with Crippen LogP contribution in [0.3, 0.4) is 0 Å². The van der Waals surface area contributed by atoms with Gasteiger partial charge >= 0.3 is 12.6 Å². The fraction of sp³-hybridized carbons (Fsp3) is 0.312. The Morgan fingerprint density at radius 2 is 2.00 bits per heavy atom. The highest BCUT2D eigenvalue weighted by Gasteiger charge is 2.20. The Morgan fingerprint density at radius 1 is 1.24 bits per heavy atom.